The standard InChI is InChI=1S/C82H74Cl4N4O18/c1-41(2)71(77(95)87(25-29-101-79(97)43(5)6)26-30-102-80(98)44(7)8)89-73(91)55-37-59(105-51-21-13-17-47(83)33-51)65-67-61(107-53-23-15-19-49(85)35-53)39-57-64-58(76(94)90(75(57)93)72(42(3)4)78(96)88(27-31-103-81(99)45(9)10)28-32-104-82(100)46(11)12)40-62(108-54-24-16-20-50(86)36-54)68(70(64)67)66-60(106-52-22-14-18-48(84)34-52)38-56(74(89)92)63(55)69(65)66/h13-24,33-42,46,71-72H,5,7,9,25-32H2,1-4,6,8,10-12H3. The van der Waals surface area contributed by atoms with Gasteiger partial charge in [0.1, 0.15) is 84.5 Å². The molecular formula is C82H74Cl4N4O18. The SMILES string of the molecule is C=C(C)C(=O)OCCN(CCOC(=O)C(=C)C)C(=O)C(C(C)C)N1C(=O)c2cc(Oc3cccc(Cl)c3)c3c4c(Oc5cccc(Cl)c5)cc5c6c(cc(Oc7cccc(Cl)c7)c(c7c(Oc8cccc(Cl)c8)cc(c2c37)C1=O)c64)C(=O)N(C(C(=O)N(CCOC(=O)C(=C)C)CCOC(=O)C(C)C)C(C)C)C5=O. The number of fused-ring (bicyclic) bond motifs is 2. The fourth-order valence-electron chi connectivity index (χ4n) is 13.0. The number of hydrogen-bond donors (Lipinski definition) is 0. The molecule has 108 heavy (non-hydrogen) atoms. The highest BCUT2D eigenvalue weighted by Crippen LogP contribution is 2.58. The molecular weight excluding hydrogens is 1470 g/mol. The highest BCUT2D eigenvalue weighted by Gasteiger charge is 2.49. The molecule has 2 aliphatic rings. The van der Waals surface area contributed by atoms with E-state index in [1.54, 1.807) is 114 Å². The zero-order chi connectivity index (χ0) is 78.0. The van der Waals surface area contributed by atoms with Crippen LogP contribution >= 0.6 is 46.4 Å². The maximum absolute atomic E-state index is 16.4. The van der Waals surface area contributed by atoms with Gasteiger partial charge in [0.15, 0.2) is 0 Å². The van der Waals surface area contributed by atoms with Crippen molar-refractivity contribution in [3.63, 3.8) is 0 Å². The van der Waals surface area contributed by atoms with Crippen molar-refractivity contribution in [2.45, 2.75) is 74.4 Å². The van der Waals surface area contributed by atoms with Crippen LogP contribution in [0.3, 0.4) is 0 Å². The molecule has 6 amide bonds. The Morgan fingerprint density at radius 1 is 0.370 bits per heavy atom. The zero-order valence-electron chi connectivity index (χ0n) is 60.4. The number of esters is 4. The number of amides is 6. The maximum Gasteiger partial charge on any atom is 0.333 e. The molecule has 2 atom stereocenters. The first kappa shape index (κ1) is 78.0. The largest absolute Gasteiger partial charge is 0.464 e. The molecule has 0 radical (unpaired) electrons. The summed E-state index contributed by atoms with van der Waals surface area (Å²) in [5.74, 6) is -10.7. The van der Waals surface area contributed by atoms with Crippen LogP contribution in [0.5, 0.6) is 46.0 Å². The molecule has 558 valence electrons. The molecule has 2 unspecified atom stereocenters. The summed E-state index contributed by atoms with van der Waals surface area (Å²) in [5.41, 5.74) is -0.520. The van der Waals surface area contributed by atoms with Gasteiger partial charge in [-0.2, -0.15) is 0 Å². The molecule has 26 heteroatoms. The van der Waals surface area contributed by atoms with Crippen molar-refractivity contribution >= 4 is 149 Å². The first-order chi connectivity index (χ1) is 51.3. The molecule has 2 heterocycles. The van der Waals surface area contributed by atoms with E-state index in [9.17, 15) is 19.2 Å². The van der Waals surface area contributed by atoms with Crippen LogP contribution < -0.4 is 18.9 Å². The predicted molar refractivity (Wildman–Crippen MR) is 408 cm³/mol. The average Bonchev–Trinajstić information content (AvgIpc) is 0.670. The van der Waals surface area contributed by atoms with Crippen molar-refractivity contribution in [1.29, 1.82) is 0 Å². The Bertz CT molecular complexity index is 5010. The van der Waals surface area contributed by atoms with Crippen molar-refractivity contribution < 1.29 is 85.8 Å². The number of ether oxygens (including phenoxy) is 8. The van der Waals surface area contributed by atoms with Gasteiger partial charge in [-0.3, -0.25) is 43.4 Å². The van der Waals surface area contributed by atoms with Gasteiger partial charge in [0.05, 0.1) is 54.4 Å². The van der Waals surface area contributed by atoms with E-state index < -0.39 is 89.2 Å². The molecule has 9 aromatic carbocycles. The lowest BCUT2D eigenvalue weighted by Crippen LogP contribution is -2.57. The Morgan fingerprint density at radius 2 is 0.620 bits per heavy atom. The van der Waals surface area contributed by atoms with Gasteiger partial charge in [0.2, 0.25) is 11.8 Å². The van der Waals surface area contributed by atoms with Crippen LogP contribution in [0.2, 0.25) is 20.1 Å². The summed E-state index contributed by atoms with van der Waals surface area (Å²) in [4.78, 5) is 152. The number of benzene rings is 9. The van der Waals surface area contributed by atoms with E-state index in [0.29, 0.717) is 0 Å². The molecule has 0 aliphatic carbocycles. The normalized spacial score (nSPS) is 13.1. The van der Waals surface area contributed by atoms with E-state index >= 15 is 28.8 Å². The summed E-state index contributed by atoms with van der Waals surface area (Å²) in [6, 6.07) is 27.7. The van der Waals surface area contributed by atoms with E-state index in [1.165, 1.54) is 79.1 Å². The summed E-state index contributed by atoms with van der Waals surface area (Å²) >= 11 is 27.0. The molecule has 0 saturated heterocycles. The van der Waals surface area contributed by atoms with Gasteiger partial charge in [0.25, 0.3) is 23.6 Å². The number of carbonyl (C=O) groups excluding carboxylic acids is 10. The fourth-order valence-corrected chi connectivity index (χ4v) is 13.7. The topological polar surface area (TPSA) is 258 Å². The van der Waals surface area contributed by atoms with Crippen LogP contribution in [-0.4, -0.2) is 144 Å². The molecule has 11 rings (SSSR count). The van der Waals surface area contributed by atoms with Gasteiger partial charge in [-0.15, -0.1) is 0 Å². The summed E-state index contributed by atoms with van der Waals surface area (Å²) in [7, 11) is 0. The number of rotatable bonds is 30. The fraction of sp³-hybridized carbons (Fsp3) is 0.268. The Kier molecular flexibility index (Phi) is 23.5. The minimum absolute atomic E-state index is 0.00586. The quantitative estimate of drug-likeness (QED) is 0.0101. The molecule has 22 nitrogen and oxygen atoms in total. The van der Waals surface area contributed by atoms with E-state index in [0.717, 1.165) is 9.80 Å². The van der Waals surface area contributed by atoms with Gasteiger partial charge in [-0.05, 0) is 130 Å². The smallest absolute Gasteiger partial charge is 0.333 e. The van der Waals surface area contributed by atoms with Gasteiger partial charge < -0.3 is 47.7 Å². The highest BCUT2D eigenvalue weighted by molar-refractivity contribution is 6.45. The van der Waals surface area contributed by atoms with Gasteiger partial charge in [-0.1, -0.05) is 132 Å². The van der Waals surface area contributed by atoms with Crippen LogP contribution in [0.1, 0.15) is 104 Å². The number of imide groups is 2. The van der Waals surface area contributed by atoms with Crippen molar-refractivity contribution in [2.24, 2.45) is 17.8 Å². The van der Waals surface area contributed by atoms with Crippen molar-refractivity contribution in [1.82, 2.24) is 19.6 Å². The lowest BCUT2D eigenvalue weighted by Gasteiger charge is -2.39. The Balaban J connectivity index is 1.25. The van der Waals surface area contributed by atoms with Crippen LogP contribution in [-0.2, 0) is 47.7 Å². The first-order valence-electron chi connectivity index (χ1n) is 34.4. The van der Waals surface area contributed by atoms with E-state index in [4.69, 9.17) is 84.3 Å². The molecule has 9 aromatic rings. The van der Waals surface area contributed by atoms with Crippen LogP contribution in [0, 0.1) is 17.8 Å². The van der Waals surface area contributed by atoms with Crippen molar-refractivity contribution in [3.05, 3.63) is 200 Å². The molecule has 0 bridgehead atoms. The maximum atomic E-state index is 16.4. The molecule has 0 aromatic heterocycles. The molecule has 2 aliphatic heterocycles. The minimum Gasteiger partial charge on any atom is -0.464 e. The number of nitrogens with zero attached hydrogens (tertiary/aromatic N) is 4. The molecule has 0 saturated carbocycles. The molecule has 0 N–H and O–H groups in total. The van der Waals surface area contributed by atoms with Crippen molar-refractivity contribution in [2.75, 3.05) is 52.6 Å². The van der Waals surface area contributed by atoms with Crippen LogP contribution in [0.25, 0.3) is 43.1 Å². The first-order valence-corrected chi connectivity index (χ1v) is 35.9. The Morgan fingerprint density at radius 3 is 0.843 bits per heavy atom. The van der Waals surface area contributed by atoms with E-state index in [2.05, 4.69) is 19.7 Å². The number of carbonyl (C=O) groups is 10. The lowest BCUT2D eigenvalue weighted by atomic mass is 9.80. The molecule has 0 fully saturated rings. The average molecular weight is 1550 g/mol. The zero-order valence-corrected chi connectivity index (χ0v) is 63.4. The van der Waals surface area contributed by atoms with E-state index in [-0.39, 0.29) is 201 Å². The van der Waals surface area contributed by atoms with Crippen molar-refractivity contribution in [3.8, 4) is 46.0 Å². The second-order valence-electron chi connectivity index (χ2n) is 27.0. The number of hydrogen-bond acceptors (Lipinski definition) is 18. The van der Waals surface area contributed by atoms with Gasteiger partial charge >= 0.3 is 23.9 Å². The third-order valence-electron chi connectivity index (χ3n) is 17.9. The molecule has 0 spiro atoms. The second kappa shape index (κ2) is 32.6. The predicted octanol–water partition coefficient (Wildman–Crippen LogP) is 17.0. The van der Waals surface area contributed by atoms with Crippen LogP contribution in [0.15, 0.2) is 158 Å². The summed E-state index contributed by atoms with van der Waals surface area (Å²) in [5, 5.41) is 1.34. The third kappa shape index (κ3) is 16.0. The Hall–Kier alpha value is -11.0. The number of halogens is 4. The second-order valence-corrected chi connectivity index (χ2v) is 28.7. The minimum atomic E-state index is -1.64. The summed E-state index contributed by atoms with van der Waals surface area (Å²) in [6.07, 6.45) is 0. The highest BCUT2D eigenvalue weighted by atomic mass is 35.5. The van der Waals surface area contributed by atoms with E-state index in [1.807, 2.05) is 0 Å². The summed E-state index contributed by atoms with van der Waals surface area (Å²) < 4.78 is 50.2. The monoisotopic (exact) mass is 1540 g/mol. The van der Waals surface area contributed by atoms with Crippen LogP contribution in [0.4, 0.5) is 0 Å². The van der Waals surface area contributed by atoms with Gasteiger partial charge in [0, 0.05) is 79.9 Å². The lowest BCUT2D eigenvalue weighted by molar-refractivity contribution is -0.150. The third-order valence-corrected chi connectivity index (χ3v) is 18.9. The summed E-state index contributed by atoms with van der Waals surface area (Å²) in [6.45, 7) is 22.5. The Labute approximate surface area is 641 Å². The van der Waals surface area contributed by atoms with Gasteiger partial charge in [-0.25, -0.2) is 14.4 Å².